The maximum Gasteiger partial charge on any atom is 0.307 e. The standard InChI is InChI=1S/C15H17NO3S/c1-8-6-20-7-11(8)5-16-14(17)12-9-2-3-10(4-9)13(12)15(18)19/h2-3,6-7,9-10,12-13H,4-5H2,1H3,(H,16,17)(H,18,19)/t9?,10?,12-,13+/m0/s1. The van der Waals surface area contributed by atoms with Crippen molar-refractivity contribution >= 4 is 23.2 Å². The van der Waals surface area contributed by atoms with E-state index in [1.807, 2.05) is 29.8 Å². The van der Waals surface area contributed by atoms with Gasteiger partial charge in [-0.1, -0.05) is 12.2 Å². The Hall–Kier alpha value is -1.62. The number of hydrogen-bond donors (Lipinski definition) is 2. The zero-order valence-electron chi connectivity index (χ0n) is 11.2. The van der Waals surface area contributed by atoms with E-state index < -0.39 is 17.8 Å². The number of aryl methyl sites for hydroxylation is 1. The Labute approximate surface area is 121 Å². The van der Waals surface area contributed by atoms with Gasteiger partial charge in [-0.05, 0) is 47.1 Å². The molecule has 0 radical (unpaired) electrons. The molecule has 0 aliphatic heterocycles. The molecule has 1 saturated carbocycles. The highest BCUT2D eigenvalue weighted by atomic mass is 32.1. The van der Waals surface area contributed by atoms with Crippen LogP contribution in [0.3, 0.4) is 0 Å². The second-order valence-electron chi connectivity index (χ2n) is 5.64. The fraction of sp³-hybridized carbons (Fsp3) is 0.467. The van der Waals surface area contributed by atoms with Gasteiger partial charge >= 0.3 is 5.97 Å². The molecular formula is C15H17NO3S. The molecule has 2 aliphatic carbocycles. The average molecular weight is 291 g/mol. The number of allylic oxidation sites excluding steroid dienone is 2. The molecule has 106 valence electrons. The van der Waals surface area contributed by atoms with Crippen molar-refractivity contribution in [1.29, 1.82) is 0 Å². The van der Waals surface area contributed by atoms with E-state index in [0.717, 1.165) is 17.5 Å². The summed E-state index contributed by atoms with van der Waals surface area (Å²) in [5, 5.41) is 16.3. The van der Waals surface area contributed by atoms with E-state index >= 15 is 0 Å². The van der Waals surface area contributed by atoms with Gasteiger partial charge in [-0.25, -0.2) is 0 Å². The minimum atomic E-state index is -0.853. The number of nitrogens with one attached hydrogen (secondary N) is 1. The minimum absolute atomic E-state index is 0.0242. The predicted octanol–water partition coefficient (Wildman–Crippen LogP) is 2.20. The summed E-state index contributed by atoms with van der Waals surface area (Å²) in [4.78, 5) is 23.7. The highest BCUT2D eigenvalue weighted by Crippen LogP contribution is 2.48. The summed E-state index contributed by atoms with van der Waals surface area (Å²) >= 11 is 1.61. The predicted molar refractivity (Wildman–Crippen MR) is 76.3 cm³/mol. The first kappa shape index (κ1) is 13.4. The Bertz CT molecular complexity index is 577. The van der Waals surface area contributed by atoms with Gasteiger partial charge in [0.2, 0.25) is 5.91 Å². The minimum Gasteiger partial charge on any atom is -0.481 e. The molecule has 1 aromatic heterocycles. The molecule has 1 aromatic rings. The lowest BCUT2D eigenvalue weighted by Gasteiger charge is -2.23. The van der Waals surface area contributed by atoms with E-state index in [1.165, 1.54) is 0 Å². The van der Waals surface area contributed by atoms with Crippen LogP contribution >= 0.6 is 11.3 Å². The molecule has 0 spiro atoms. The summed E-state index contributed by atoms with van der Waals surface area (Å²) in [6.07, 6.45) is 4.76. The molecule has 2 N–H and O–H groups in total. The van der Waals surface area contributed by atoms with Crippen molar-refractivity contribution in [2.45, 2.75) is 19.9 Å². The van der Waals surface area contributed by atoms with Crippen molar-refractivity contribution in [3.63, 3.8) is 0 Å². The van der Waals surface area contributed by atoms with E-state index in [9.17, 15) is 14.7 Å². The Morgan fingerprint density at radius 1 is 1.30 bits per heavy atom. The van der Waals surface area contributed by atoms with Crippen LogP contribution in [0.4, 0.5) is 0 Å². The van der Waals surface area contributed by atoms with Gasteiger partial charge in [0, 0.05) is 6.54 Å². The smallest absolute Gasteiger partial charge is 0.307 e. The van der Waals surface area contributed by atoms with Crippen molar-refractivity contribution in [1.82, 2.24) is 5.32 Å². The normalized spacial score (nSPS) is 30.6. The number of carboxylic acids is 1. The Morgan fingerprint density at radius 2 is 2.00 bits per heavy atom. The first-order valence-electron chi connectivity index (χ1n) is 6.78. The number of carbonyl (C=O) groups excluding carboxylic acids is 1. The van der Waals surface area contributed by atoms with E-state index in [0.29, 0.717) is 6.54 Å². The number of amides is 1. The number of thiophene rings is 1. The molecule has 20 heavy (non-hydrogen) atoms. The van der Waals surface area contributed by atoms with E-state index in [1.54, 1.807) is 11.3 Å². The van der Waals surface area contributed by atoms with E-state index in [4.69, 9.17) is 0 Å². The molecule has 4 nitrogen and oxygen atoms in total. The van der Waals surface area contributed by atoms with Gasteiger partial charge in [0.1, 0.15) is 0 Å². The monoisotopic (exact) mass is 291 g/mol. The number of carboxylic acid groups (broad SMARTS) is 1. The van der Waals surface area contributed by atoms with Crippen LogP contribution in [0.5, 0.6) is 0 Å². The van der Waals surface area contributed by atoms with Gasteiger partial charge in [-0.15, -0.1) is 0 Å². The van der Waals surface area contributed by atoms with Crippen LogP contribution in [-0.4, -0.2) is 17.0 Å². The number of fused-ring (bicyclic) bond motifs is 2. The second kappa shape index (κ2) is 5.05. The largest absolute Gasteiger partial charge is 0.481 e. The molecule has 4 atom stereocenters. The maximum absolute atomic E-state index is 12.4. The zero-order chi connectivity index (χ0) is 14.3. The number of carbonyl (C=O) groups is 2. The Kier molecular flexibility index (Phi) is 3.38. The van der Waals surface area contributed by atoms with Crippen molar-refractivity contribution < 1.29 is 14.7 Å². The second-order valence-corrected chi connectivity index (χ2v) is 6.38. The molecule has 1 heterocycles. The molecular weight excluding hydrogens is 274 g/mol. The summed E-state index contributed by atoms with van der Waals surface area (Å²) in [5.74, 6) is -1.84. The molecule has 1 amide bonds. The highest BCUT2D eigenvalue weighted by Gasteiger charge is 2.51. The van der Waals surface area contributed by atoms with Gasteiger partial charge in [0.05, 0.1) is 11.8 Å². The molecule has 2 unspecified atom stereocenters. The highest BCUT2D eigenvalue weighted by molar-refractivity contribution is 7.08. The number of aliphatic carboxylic acids is 1. The fourth-order valence-electron chi connectivity index (χ4n) is 3.38. The average Bonchev–Trinajstić information content (AvgIpc) is 3.10. The van der Waals surface area contributed by atoms with Crippen molar-refractivity contribution in [3.8, 4) is 0 Å². The van der Waals surface area contributed by atoms with Crippen LogP contribution in [-0.2, 0) is 16.1 Å². The summed E-state index contributed by atoms with van der Waals surface area (Å²) in [6, 6.07) is 0. The van der Waals surface area contributed by atoms with Crippen LogP contribution in [0, 0.1) is 30.6 Å². The van der Waals surface area contributed by atoms with Crippen LogP contribution in [0.1, 0.15) is 17.5 Å². The maximum atomic E-state index is 12.4. The van der Waals surface area contributed by atoms with Crippen LogP contribution in [0.25, 0.3) is 0 Å². The van der Waals surface area contributed by atoms with Gasteiger partial charge in [0.25, 0.3) is 0 Å². The van der Waals surface area contributed by atoms with Crippen molar-refractivity contribution in [2.75, 3.05) is 0 Å². The van der Waals surface area contributed by atoms with Gasteiger partial charge < -0.3 is 10.4 Å². The summed E-state index contributed by atoms with van der Waals surface area (Å²) in [6.45, 7) is 2.50. The zero-order valence-corrected chi connectivity index (χ0v) is 12.0. The van der Waals surface area contributed by atoms with Crippen molar-refractivity contribution in [2.24, 2.45) is 23.7 Å². The summed E-state index contributed by atoms with van der Waals surface area (Å²) in [5.41, 5.74) is 2.27. The first-order chi connectivity index (χ1) is 9.58. The topological polar surface area (TPSA) is 66.4 Å². The lowest BCUT2D eigenvalue weighted by atomic mass is 9.82. The first-order valence-corrected chi connectivity index (χ1v) is 7.72. The molecule has 2 aliphatic rings. The summed E-state index contributed by atoms with van der Waals surface area (Å²) in [7, 11) is 0. The Balaban J connectivity index is 1.69. The molecule has 0 saturated heterocycles. The molecule has 2 bridgehead atoms. The SMILES string of the molecule is Cc1cscc1CNC(=O)[C@H]1C2C=CC(C2)[C@H]1C(=O)O. The lowest BCUT2D eigenvalue weighted by Crippen LogP contribution is -2.39. The van der Waals surface area contributed by atoms with Gasteiger partial charge in [-0.3, -0.25) is 9.59 Å². The Morgan fingerprint density at radius 3 is 2.60 bits per heavy atom. The molecule has 3 rings (SSSR count). The molecule has 5 heteroatoms. The van der Waals surface area contributed by atoms with E-state index in [-0.39, 0.29) is 17.7 Å². The van der Waals surface area contributed by atoms with Crippen LogP contribution in [0.2, 0.25) is 0 Å². The van der Waals surface area contributed by atoms with Gasteiger partial charge in [0.15, 0.2) is 0 Å². The number of rotatable bonds is 4. The fourth-order valence-corrected chi connectivity index (χ4v) is 4.24. The molecule has 1 fully saturated rings. The quantitative estimate of drug-likeness (QED) is 0.836. The van der Waals surface area contributed by atoms with Gasteiger partial charge in [-0.2, -0.15) is 11.3 Å². The van der Waals surface area contributed by atoms with Crippen LogP contribution < -0.4 is 5.32 Å². The van der Waals surface area contributed by atoms with Crippen LogP contribution in [0.15, 0.2) is 22.9 Å². The third kappa shape index (κ3) is 2.16. The molecule has 0 aromatic carbocycles. The van der Waals surface area contributed by atoms with Crippen molar-refractivity contribution in [3.05, 3.63) is 34.0 Å². The van der Waals surface area contributed by atoms with E-state index in [2.05, 4.69) is 5.32 Å². The number of hydrogen-bond acceptors (Lipinski definition) is 3. The third-order valence-electron chi connectivity index (χ3n) is 4.46. The summed E-state index contributed by atoms with van der Waals surface area (Å²) < 4.78 is 0. The lowest BCUT2D eigenvalue weighted by molar-refractivity contribution is -0.147. The third-order valence-corrected chi connectivity index (χ3v) is 5.37.